The fourth-order valence-corrected chi connectivity index (χ4v) is 4.94. The molecule has 2 heterocycles. The van der Waals surface area contributed by atoms with Crippen molar-refractivity contribution < 1.29 is 9.47 Å². The molecule has 0 radical (unpaired) electrons. The quantitative estimate of drug-likeness (QED) is 0.494. The maximum atomic E-state index is 5.54. The number of rotatable bonds is 10. The summed E-state index contributed by atoms with van der Waals surface area (Å²) in [6.07, 6.45) is 2.48. The summed E-state index contributed by atoms with van der Waals surface area (Å²) < 4.78 is 11.0. The molecule has 4 rings (SSSR count). The molecule has 1 aromatic heterocycles. The van der Waals surface area contributed by atoms with Crippen LogP contribution in [0.5, 0.6) is 5.75 Å². The van der Waals surface area contributed by atoms with Crippen LogP contribution in [-0.4, -0.2) is 61.8 Å². The minimum absolute atomic E-state index is 0.727. The summed E-state index contributed by atoms with van der Waals surface area (Å²) in [6.45, 7) is 9.31. The third kappa shape index (κ3) is 5.52. The Morgan fingerprint density at radius 2 is 1.78 bits per heavy atom. The lowest BCUT2D eigenvalue weighted by Gasteiger charge is -2.35. The van der Waals surface area contributed by atoms with Crippen molar-refractivity contribution in [3.63, 3.8) is 0 Å². The zero-order chi connectivity index (χ0) is 22.3. The van der Waals surface area contributed by atoms with E-state index >= 15 is 0 Å². The number of nitrogens with zero attached hydrogens (tertiary/aromatic N) is 2. The van der Waals surface area contributed by atoms with Crippen LogP contribution in [-0.2, 0) is 17.8 Å². The number of ether oxygens (including phenoxy) is 2. The second-order valence-electron chi connectivity index (χ2n) is 9.03. The molecule has 0 bridgehead atoms. The Morgan fingerprint density at radius 1 is 1.03 bits per heavy atom. The number of likely N-dealkylation sites (tertiary alicyclic amines) is 1. The lowest BCUT2D eigenvalue weighted by atomic mass is 9.95. The Kier molecular flexibility index (Phi) is 7.85. The van der Waals surface area contributed by atoms with Crippen molar-refractivity contribution in [3.8, 4) is 5.75 Å². The van der Waals surface area contributed by atoms with Crippen molar-refractivity contribution in [2.24, 2.45) is 5.92 Å². The summed E-state index contributed by atoms with van der Waals surface area (Å²) in [5.74, 6) is 1.72. The molecule has 0 saturated carbocycles. The molecule has 32 heavy (non-hydrogen) atoms. The molecule has 0 amide bonds. The van der Waals surface area contributed by atoms with Crippen molar-refractivity contribution in [2.45, 2.75) is 32.9 Å². The van der Waals surface area contributed by atoms with Crippen LogP contribution in [0.15, 0.2) is 48.5 Å². The van der Waals surface area contributed by atoms with Crippen LogP contribution in [0.25, 0.3) is 10.9 Å². The SMILES string of the molecule is COCCN(Cc1[nH]c2ccccc2c1C)CC1CCN(Cc2ccccc2OC)CC1. The minimum atomic E-state index is 0.727. The van der Waals surface area contributed by atoms with Gasteiger partial charge in [0.2, 0.25) is 0 Å². The van der Waals surface area contributed by atoms with E-state index in [9.17, 15) is 0 Å². The molecule has 0 aliphatic carbocycles. The molecule has 0 atom stereocenters. The molecule has 5 nitrogen and oxygen atoms in total. The molecule has 172 valence electrons. The first-order valence-electron chi connectivity index (χ1n) is 11.8. The number of hydrogen-bond donors (Lipinski definition) is 1. The first kappa shape index (κ1) is 22.8. The Labute approximate surface area is 192 Å². The van der Waals surface area contributed by atoms with Gasteiger partial charge in [-0.05, 0) is 56.5 Å². The van der Waals surface area contributed by atoms with Crippen LogP contribution in [0.4, 0.5) is 0 Å². The van der Waals surface area contributed by atoms with Crippen LogP contribution < -0.4 is 4.74 Å². The van der Waals surface area contributed by atoms with Crippen LogP contribution in [0.1, 0.15) is 29.7 Å². The van der Waals surface area contributed by atoms with Gasteiger partial charge in [0, 0.05) is 55.4 Å². The Morgan fingerprint density at radius 3 is 2.53 bits per heavy atom. The molecule has 0 spiro atoms. The zero-order valence-electron chi connectivity index (χ0n) is 19.8. The van der Waals surface area contributed by atoms with Gasteiger partial charge in [0.25, 0.3) is 0 Å². The summed E-state index contributed by atoms with van der Waals surface area (Å²) in [5.41, 5.74) is 5.21. The molecule has 5 heteroatoms. The van der Waals surface area contributed by atoms with E-state index in [4.69, 9.17) is 9.47 Å². The van der Waals surface area contributed by atoms with E-state index in [-0.39, 0.29) is 0 Å². The van der Waals surface area contributed by atoms with Gasteiger partial charge >= 0.3 is 0 Å². The highest BCUT2D eigenvalue weighted by atomic mass is 16.5. The lowest BCUT2D eigenvalue weighted by molar-refractivity contribution is 0.105. The Hall–Kier alpha value is -2.34. The number of aryl methyl sites for hydroxylation is 1. The summed E-state index contributed by atoms with van der Waals surface area (Å²) in [5, 5.41) is 1.33. The van der Waals surface area contributed by atoms with Gasteiger partial charge in [-0.3, -0.25) is 9.80 Å². The average molecular weight is 436 g/mol. The molecule has 1 aliphatic rings. The predicted molar refractivity (Wildman–Crippen MR) is 131 cm³/mol. The van der Waals surface area contributed by atoms with E-state index in [1.807, 2.05) is 6.07 Å². The van der Waals surface area contributed by atoms with Crippen LogP contribution >= 0.6 is 0 Å². The number of hydrogen-bond acceptors (Lipinski definition) is 4. The van der Waals surface area contributed by atoms with Crippen molar-refractivity contribution >= 4 is 10.9 Å². The summed E-state index contributed by atoms with van der Waals surface area (Å²) >= 11 is 0. The van der Waals surface area contributed by atoms with Gasteiger partial charge in [-0.25, -0.2) is 0 Å². The largest absolute Gasteiger partial charge is 0.496 e. The average Bonchev–Trinajstić information content (AvgIpc) is 3.14. The van der Waals surface area contributed by atoms with E-state index in [0.717, 1.165) is 57.5 Å². The van der Waals surface area contributed by atoms with Crippen LogP contribution in [0.2, 0.25) is 0 Å². The molecule has 1 fully saturated rings. The van der Waals surface area contributed by atoms with Crippen LogP contribution in [0.3, 0.4) is 0 Å². The third-order valence-corrected chi connectivity index (χ3v) is 6.87. The van der Waals surface area contributed by atoms with Gasteiger partial charge in [-0.15, -0.1) is 0 Å². The number of aromatic nitrogens is 1. The number of H-pyrrole nitrogens is 1. The summed E-state index contributed by atoms with van der Waals surface area (Å²) in [4.78, 5) is 8.79. The maximum Gasteiger partial charge on any atom is 0.123 e. The number of methoxy groups -OCH3 is 2. The van der Waals surface area contributed by atoms with Crippen LogP contribution in [0, 0.1) is 12.8 Å². The first-order valence-corrected chi connectivity index (χ1v) is 11.8. The monoisotopic (exact) mass is 435 g/mol. The molecule has 1 N–H and O–H groups in total. The van der Waals surface area contributed by atoms with E-state index in [1.165, 1.54) is 40.6 Å². The highest BCUT2D eigenvalue weighted by Crippen LogP contribution is 2.26. The molecular weight excluding hydrogens is 398 g/mol. The molecule has 1 saturated heterocycles. The normalized spacial score (nSPS) is 15.6. The fourth-order valence-electron chi connectivity index (χ4n) is 4.94. The molecule has 1 aliphatic heterocycles. The fraction of sp³-hybridized carbons (Fsp3) is 0.481. The summed E-state index contributed by atoms with van der Waals surface area (Å²) in [7, 11) is 3.55. The van der Waals surface area contributed by atoms with Gasteiger partial charge in [0.15, 0.2) is 0 Å². The second kappa shape index (κ2) is 11.0. The molecule has 0 unspecified atom stereocenters. The van der Waals surface area contributed by atoms with Crippen molar-refractivity contribution in [1.82, 2.24) is 14.8 Å². The van der Waals surface area contributed by atoms with E-state index in [2.05, 4.69) is 64.2 Å². The number of aromatic amines is 1. The smallest absolute Gasteiger partial charge is 0.123 e. The number of piperidine rings is 1. The van der Waals surface area contributed by atoms with Gasteiger partial charge in [-0.2, -0.15) is 0 Å². The molecule has 3 aromatic rings. The molecular formula is C27H37N3O2. The van der Waals surface area contributed by atoms with Gasteiger partial charge in [0.05, 0.1) is 13.7 Å². The topological polar surface area (TPSA) is 40.7 Å². The third-order valence-electron chi connectivity index (χ3n) is 6.87. The van der Waals surface area contributed by atoms with Gasteiger partial charge in [0.1, 0.15) is 5.75 Å². The van der Waals surface area contributed by atoms with Crippen molar-refractivity contribution in [1.29, 1.82) is 0 Å². The van der Waals surface area contributed by atoms with Crippen molar-refractivity contribution in [2.75, 3.05) is 47.0 Å². The van der Waals surface area contributed by atoms with Crippen molar-refractivity contribution in [3.05, 3.63) is 65.4 Å². The standard InChI is InChI=1S/C27H37N3O2/c1-21-24-9-5-6-10-25(24)28-26(21)20-30(16-17-31-2)18-22-12-14-29(15-13-22)19-23-8-4-7-11-27(23)32-3/h4-11,22,28H,12-20H2,1-3H3. The zero-order valence-corrected chi connectivity index (χ0v) is 19.8. The second-order valence-corrected chi connectivity index (χ2v) is 9.03. The van der Waals surface area contributed by atoms with E-state index in [1.54, 1.807) is 14.2 Å². The minimum Gasteiger partial charge on any atom is -0.496 e. The predicted octanol–water partition coefficient (Wildman–Crippen LogP) is 4.85. The Balaban J connectivity index is 1.34. The summed E-state index contributed by atoms with van der Waals surface area (Å²) in [6, 6.07) is 17.0. The number of benzene rings is 2. The first-order chi connectivity index (χ1) is 15.7. The lowest BCUT2D eigenvalue weighted by Crippen LogP contribution is -2.39. The van der Waals surface area contributed by atoms with Gasteiger partial charge in [-0.1, -0.05) is 36.4 Å². The molecule has 2 aromatic carbocycles. The maximum absolute atomic E-state index is 5.54. The van der Waals surface area contributed by atoms with Gasteiger partial charge < -0.3 is 14.5 Å². The highest BCUT2D eigenvalue weighted by Gasteiger charge is 2.23. The number of nitrogens with one attached hydrogen (secondary N) is 1. The van der Waals surface area contributed by atoms with E-state index in [0.29, 0.717) is 0 Å². The van der Waals surface area contributed by atoms with E-state index < -0.39 is 0 Å². The highest BCUT2D eigenvalue weighted by molar-refractivity contribution is 5.84. The number of fused-ring (bicyclic) bond motifs is 1. The Bertz CT molecular complexity index is 991. The number of para-hydroxylation sites is 2.